The number of aromatic nitrogens is 1. The number of anilines is 1. The lowest BCUT2D eigenvalue weighted by molar-refractivity contribution is 0.452. The van der Waals surface area contributed by atoms with Gasteiger partial charge in [0.15, 0.2) is 0 Å². The lowest BCUT2D eigenvalue weighted by atomic mass is 10.2. The predicted octanol–water partition coefficient (Wildman–Crippen LogP) is 1.68. The Bertz CT molecular complexity index is 753. The van der Waals surface area contributed by atoms with Crippen molar-refractivity contribution >= 4 is 15.7 Å². The number of hydrogen-bond acceptors (Lipinski definition) is 5. The van der Waals surface area contributed by atoms with E-state index >= 15 is 0 Å². The van der Waals surface area contributed by atoms with Crippen molar-refractivity contribution in [1.29, 1.82) is 0 Å². The fourth-order valence-corrected chi connectivity index (χ4v) is 3.27. The number of nitrogens with one attached hydrogen (secondary N) is 2. The smallest absolute Gasteiger partial charge is 0.241 e. The van der Waals surface area contributed by atoms with Crippen molar-refractivity contribution in [2.24, 2.45) is 0 Å². The number of benzene rings is 1. The summed E-state index contributed by atoms with van der Waals surface area (Å²) in [6.45, 7) is 2.85. The molecule has 0 atom stereocenters. The number of oxazole rings is 1. The molecule has 3 rings (SSSR count). The highest BCUT2D eigenvalue weighted by Crippen LogP contribution is 2.25. The van der Waals surface area contributed by atoms with Gasteiger partial charge in [-0.15, -0.1) is 0 Å². The third-order valence-corrected chi connectivity index (χ3v) is 4.86. The van der Waals surface area contributed by atoms with Crippen molar-refractivity contribution < 1.29 is 12.8 Å². The summed E-state index contributed by atoms with van der Waals surface area (Å²) in [6.07, 6.45) is 3.28. The van der Waals surface area contributed by atoms with E-state index in [0.717, 1.165) is 36.4 Å². The fourth-order valence-electron chi connectivity index (χ4n) is 2.27. The number of sulfonamides is 1. The van der Waals surface area contributed by atoms with Crippen LogP contribution in [0.5, 0.6) is 0 Å². The summed E-state index contributed by atoms with van der Waals surface area (Å²) in [5, 5.41) is 3.17. The van der Waals surface area contributed by atoms with E-state index in [1.54, 1.807) is 18.3 Å². The van der Waals surface area contributed by atoms with Gasteiger partial charge in [-0.2, -0.15) is 0 Å². The first-order valence-electron chi connectivity index (χ1n) is 6.88. The van der Waals surface area contributed by atoms with Crippen LogP contribution >= 0.6 is 0 Å². The maximum atomic E-state index is 12.3. The molecule has 112 valence electrons. The molecule has 0 aliphatic carbocycles. The van der Waals surface area contributed by atoms with Crippen LogP contribution in [0.4, 0.5) is 5.69 Å². The van der Waals surface area contributed by atoms with Gasteiger partial charge in [0.25, 0.3) is 0 Å². The summed E-state index contributed by atoms with van der Waals surface area (Å²) >= 11 is 0. The highest BCUT2D eigenvalue weighted by atomic mass is 32.2. The zero-order valence-electron chi connectivity index (χ0n) is 11.7. The molecule has 2 aromatic rings. The lowest BCUT2D eigenvalue weighted by Crippen LogP contribution is -2.23. The monoisotopic (exact) mass is 307 g/mol. The van der Waals surface area contributed by atoms with Gasteiger partial charge in [0.2, 0.25) is 15.9 Å². The molecule has 2 N–H and O–H groups in total. The van der Waals surface area contributed by atoms with Crippen molar-refractivity contribution in [3.05, 3.63) is 41.6 Å². The molecule has 1 aromatic heterocycles. The lowest BCUT2D eigenvalue weighted by Gasteiger charge is -2.07. The number of nitrogens with zero attached hydrogens (tertiary/aromatic N) is 1. The first kappa shape index (κ1) is 14.1. The molecule has 1 aliphatic rings. The average molecular weight is 307 g/mol. The minimum atomic E-state index is -3.57. The Balaban J connectivity index is 1.74. The van der Waals surface area contributed by atoms with Crippen molar-refractivity contribution in [2.75, 3.05) is 11.9 Å². The predicted molar refractivity (Wildman–Crippen MR) is 78.5 cm³/mol. The van der Waals surface area contributed by atoms with Crippen LogP contribution < -0.4 is 10.0 Å². The molecule has 1 aromatic carbocycles. The van der Waals surface area contributed by atoms with Gasteiger partial charge < -0.3 is 9.73 Å². The van der Waals surface area contributed by atoms with Gasteiger partial charge in [0.05, 0.1) is 17.6 Å². The van der Waals surface area contributed by atoms with E-state index in [4.69, 9.17) is 4.42 Å². The van der Waals surface area contributed by atoms with E-state index in [1.165, 1.54) is 0 Å². The topological polar surface area (TPSA) is 84.2 Å². The first-order valence-corrected chi connectivity index (χ1v) is 8.37. The molecule has 7 heteroatoms. The third kappa shape index (κ3) is 2.93. The molecule has 0 fully saturated rings. The quantitative estimate of drug-likeness (QED) is 0.878. The van der Waals surface area contributed by atoms with Gasteiger partial charge >= 0.3 is 0 Å². The summed E-state index contributed by atoms with van der Waals surface area (Å²) in [5.41, 5.74) is 2.04. The molecule has 0 saturated heterocycles. The van der Waals surface area contributed by atoms with Crippen LogP contribution in [0, 0.1) is 0 Å². The standard InChI is InChI=1S/C14H17N3O3S/c1-2-11-8-16-14(20-11)9-17-21(18,19)12-4-3-10-5-6-15-13(10)7-12/h3-4,7-8,15,17H,2,5-6,9H2,1H3. The van der Waals surface area contributed by atoms with Gasteiger partial charge in [-0.1, -0.05) is 13.0 Å². The largest absolute Gasteiger partial charge is 0.444 e. The van der Waals surface area contributed by atoms with Gasteiger partial charge in [0.1, 0.15) is 5.76 Å². The Hall–Kier alpha value is -1.86. The molecule has 0 unspecified atom stereocenters. The maximum Gasteiger partial charge on any atom is 0.241 e. The molecule has 6 nitrogen and oxygen atoms in total. The summed E-state index contributed by atoms with van der Waals surface area (Å²) in [7, 11) is -3.57. The second-order valence-corrected chi connectivity index (χ2v) is 6.66. The molecule has 2 heterocycles. The molecule has 1 aliphatic heterocycles. The van der Waals surface area contributed by atoms with Crippen LogP contribution in [0.3, 0.4) is 0 Å². The van der Waals surface area contributed by atoms with Gasteiger partial charge in [-0.3, -0.25) is 0 Å². The van der Waals surface area contributed by atoms with E-state index in [0.29, 0.717) is 5.89 Å². The minimum absolute atomic E-state index is 0.0485. The van der Waals surface area contributed by atoms with Crippen molar-refractivity contribution in [3.63, 3.8) is 0 Å². The van der Waals surface area contributed by atoms with E-state index in [2.05, 4.69) is 15.0 Å². The van der Waals surface area contributed by atoms with Crippen LogP contribution in [-0.4, -0.2) is 19.9 Å². The van der Waals surface area contributed by atoms with Crippen molar-refractivity contribution in [2.45, 2.75) is 31.2 Å². The molecule has 0 spiro atoms. The first-order chi connectivity index (χ1) is 10.1. The molecule has 0 bridgehead atoms. The molecular formula is C14H17N3O3S. The normalized spacial score (nSPS) is 14.0. The number of hydrogen-bond donors (Lipinski definition) is 2. The van der Waals surface area contributed by atoms with Crippen molar-refractivity contribution in [1.82, 2.24) is 9.71 Å². The van der Waals surface area contributed by atoms with Gasteiger partial charge in [-0.05, 0) is 24.1 Å². The highest BCUT2D eigenvalue weighted by molar-refractivity contribution is 7.89. The Morgan fingerprint density at radius 2 is 2.29 bits per heavy atom. The molecular weight excluding hydrogens is 290 g/mol. The van der Waals surface area contributed by atoms with Gasteiger partial charge in [-0.25, -0.2) is 18.1 Å². The van der Waals surface area contributed by atoms with Gasteiger partial charge in [0, 0.05) is 18.7 Å². The Labute approximate surface area is 123 Å². The SMILES string of the molecule is CCc1cnc(CNS(=O)(=O)c2ccc3c(c2)NCC3)o1. The third-order valence-electron chi connectivity index (χ3n) is 3.46. The van der Waals surface area contributed by atoms with Crippen LogP contribution in [-0.2, 0) is 29.4 Å². The van der Waals surface area contributed by atoms with E-state index in [-0.39, 0.29) is 11.4 Å². The number of fused-ring (bicyclic) bond motifs is 1. The van der Waals surface area contributed by atoms with Crippen LogP contribution in [0.2, 0.25) is 0 Å². The molecule has 21 heavy (non-hydrogen) atoms. The van der Waals surface area contributed by atoms with E-state index in [1.807, 2.05) is 13.0 Å². The Morgan fingerprint density at radius 3 is 3.05 bits per heavy atom. The summed E-state index contributed by atoms with van der Waals surface area (Å²) in [6, 6.07) is 5.14. The summed E-state index contributed by atoms with van der Waals surface area (Å²) < 4.78 is 32.4. The van der Waals surface area contributed by atoms with Crippen LogP contribution in [0.15, 0.2) is 33.7 Å². The van der Waals surface area contributed by atoms with Crippen LogP contribution in [0.1, 0.15) is 24.1 Å². The average Bonchev–Trinajstić information content (AvgIpc) is 3.13. The zero-order chi connectivity index (χ0) is 14.9. The highest BCUT2D eigenvalue weighted by Gasteiger charge is 2.18. The van der Waals surface area contributed by atoms with E-state index < -0.39 is 10.0 Å². The van der Waals surface area contributed by atoms with E-state index in [9.17, 15) is 8.42 Å². The number of rotatable bonds is 5. The number of aryl methyl sites for hydroxylation is 1. The Morgan fingerprint density at radius 1 is 1.43 bits per heavy atom. The minimum Gasteiger partial charge on any atom is -0.444 e. The van der Waals surface area contributed by atoms with Crippen LogP contribution in [0.25, 0.3) is 0 Å². The zero-order valence-corrected chi connectivity index (χ0v) is 12.5. The second-order valence-electron chi connectivity index (χ2n) is 4.89. The fraction of sp³-hybridized carbons (Fsp3) is 0.357. The summed E-state index contributed by atoms with van der Waals surface area (Å²) in [4.78, 5) is 4.28. The molecule has 0 radical (unpaired) electrons. The molecule has 0 saturated carbocycles. The Kier molecular flexibility index (Phi) is 3.69. The maximum absolute atomic E-state index is 12.3. The summed E-state index contributed by atoms with van der Waals surface area (Å²) in [5.74, 6) is 1.11. The van der Waals surface area contributed by atoms with Crippen molar-refractivity contribution in [3.8, 4) is 0 Å². The molecule has 0 amide bonds. The second kappa shape index (κ2) is 5.50.